The predicted octanol–water partition coefficient (Wildman–Crippen LogP) is 2.77. The SMILES string of the molecule is CN(C)S(=O)(=O)N(CC(=O)NCc1cccc(C(F)(F)F)c1)c1ccccc1F. The summed E-state index contributed by atoms with van der Waals surface area (Å²) in [6, 6.07) is 9.40. The Labute approximate surface area is 165 Å². The van der Waals surface area contributed by atoms with Gasteiger partial charge in [0.2, 0.25) is 5.91 Å². The van der Waals surface area contributed by atoms with Gasteiger partial charge in [-0.15, -0.1) is 0 Å². The molecule has 2 aromatic rings. The highest BCUT2D eigenvalue weighted by atomic mass is 32.2. The predicted molar refractivity (Wildman–Crippen MR) is 99.6 cm³/mol. The van der Waals surface area contributed by atoms with Crippen molar-refractivity contribution in [1.29, 1.82) is 0 Å². The van der Waals surface area contributed by atoms with Crippen molar-refractivity contribution in [3.05, 3.63) is 65.5 Å². The normalized spacial score (nSPS) is 12.1. The zero-order chi connectivity index (χ0) is 21.8. The van der Waals surface area contributed by atoms with E-state index in [1.54, 1.807) is 0 Å². The van der Waals surface area contributed by atoms with Crippen molar-refractivity contribution < 1.29 is 30.8 Å². The molecule has 29 heavy (non-hydrogen) atoms. The fourth-order valence-corrected chi connectivity index (χ4v) is 3.46. The number of nitrogens with one attached hydrogen (secondary N) is 1. The number of hydrogen-bond acceptors (Lipinski definition) is 3. The maximum absolute atomic E-state index is 14.1. The minimum Gasteiger partial charge on any atom is -0.350 e. The molecule has 0 atom stereocenters. The maximum atomic E-state index is 14.1. The smallest absolute Gasteiger partial charge is 0.350 e. The van der Waals surface area contributed by atoms with Crippen molar-refractivity contribution in [1.82, 2.24) is 9.62 Å². The zero-order valence-electron chi connectivity index (χ0n) is 15.6. The van der Waals surface area contributed by atoms with E-state index in [9.17, 15) is 30.8 Å². The lowest BCUT2D eigenvalue weighted by Gasteiger charge is -2.27. The van der Waals surface area contributed by atoms with Crippen LogP contribution >= 0.6 is 0 Å². The number of amides is 1. The second-order valence-corrected chi connectivity index (χ2v) is 8.29. The number of halogens is 4. The molecule has 0 saturated heterocycles. The minimum absolute atomic E-state index is 0.182. The van der Waals surface area contributed by atoms with Crippen molar-refractivity contribution in [2.45, 2.75) is 12.7 Å². The average Bonchev–Trinajstić information content (AvgIpc) is 2.64. The van der Waals surface area contributed by atoms with Crippen molar-refractivity contribution >= 4 is 21.8 Å². The second kappa shape index (κ2) is 8.78. The quantitative estimate of drug-likeness (QED) is 0.683. The molecule has 0 bridgehead atoms. The van der Waals surface area contributed by atoms with Gasteiger partial charge < -0.3 is 5.32 Å². The molecule has 0 spiro atoms. The molecule has 0 aromatic heterocycles. The standard InChI is InChI=1S/C18H19F4N3O3S/c1-24(2)29(27,28)25(16-9-4-3-8-15(16)19)12-17(26)23-11-13-6-5-7-14(10-13)18(20,21)22/h3-10H,11-12H2,1-2H3,(H,23,26). The Bertz CT molecular complexity index is 978. The second-order valence-electron chi connectivity index (χ2n) is 6.22. The van der Waals surface area contributed by atoms with E-state index in [4.69, 9.17) is 0 Å². The van der Waals surface area contributed by atoms with Crippen LogP contribution in [0.1, 0.15) is 11.1 Å². The summed E-state index contributed by atoms with van der Waals surface area (Å²) in [7, 11) is -1.75. The number of hydrogen-bond donors (Lipinski definition) is 1. The van der Waals surface area contributed by atoms with Crippen LogP contribution in [0, 0.1) is 5.82 Å². The van der Waals surface area contributed by atoms with E-state index in [1.807, 2.05) is 0 Å². The Morgan fingerprint density at radius 3 is 2.31 bits per heavy atom. The zero-order valence-corrected chi connectivity index (χ0v) is 16.4. The van der Waals surface area contributed by atoms with Gasteiger partial charge in [-0.1, -0.05) is 24.3 Å². The summed E-state index contributed by atoms with van der Waals surface area (Å²) >= 11 is 0. The van der Waals surface area contributed by atoms with Gasteiger partial charge >= 0.3 is 16.4 Å². The molecule has 0 radical (unpaired) electrons. The van der Waals surface area contributed by atoms with Crippen molar-refractivity contribution in [3.8, 4) is 0 Å². The Balaban J connectivity index is 2.18. The Hall–Kier alpha value is -2.66. The molecule has 0 unspecified atom stereocenters. The molecule has 0 aliphatic rings. The first-order chi connectivity index (χ1) is 13.4. The highest BCUT2D eigenvalue weighted by Gasteiger charge is 2.31. The molecule has 2 aromatic carbocycles. The molecule has 0 saturated carbocycles. The van der Waals surface area contributed by atoms with Crippen LogP contribution in [0.15, 0.2) is 48.5 Å². The summed E-state index contributed by atoms with van der Waals surface area (Å²) in [5, 5.41) is 2.35. The first kappa shape index (κ1) is 22.6. The molecule has 0 heterocycles. The lowest BCUT2D eigenvalue weighted by molar-refractivity contribution is -0.137. The number of benzene rings is 2. The molecule has 2 rings (SSSR count). The summed E-state index contributed by atoms with van der Waals surface area (Å²) in [5.41, 5.74) is -1.01. The number of anilines is 1. The molecule has 0 fully saturated rings. The van der Waals surface area contributed by atoms with Crippen LogP contribution in [0.2, 0.25) is 0 Å². The highest BCUT2D eigenvalue weighted by Crippen LogP contribution is 2.29. The number of carbonyl (C=O) groups excluding carboxylic acids is 1. The summed E-state index contributed by atoms with van der Waals surface area (Å²) in [6.07, 6.45) is -4.53. The Morgan fingerprint density at radius 1 is 1.07 bits per heavy atom. The fraction of sp³-hybridized carbons (Fsp3) is 0.278. The van der Waals surface area contributed by atoms with Crippen molar-refractivity contribution in [2.75, 3.05) is 24.9 Å². The third kappa shape index (κ3) is 5.67. The number of alkyl halides is 3. The molecule has 158 valence electrons. The van der Waals surface area contributed by atoms with Gasteiger partial charge in [0.05, 0.1) is 11.3 Å². The van der Waals surface area contributed by atoms with Crippen LogP contribution < -0.4 is 9.62 Å². The molecule has 11 heteroatoms. The van der Waals surface area contributed by atoms with Crippen LogP contribution in [0.25, 0.3) is 0 Å². The van der Waals surface area contributed by atoms with Crippen LogP contribution in [0.5, 0.6) is 0 Å². The molecule has 0 aliphatic carbocycles. The lowest BCUT2D eigenvalue weighted by atomic mass is 10.1. The van der Waals surface area contributed by atoms with Crippen LogP contribution in [-0.4, -0.2) is 39.3 Å². The van der Waals surface area contributed by atoms with Gasteiger partial charge in [-0.05, 0) is 29.8 Å². The van der Waals surface area contributed by atoms with Crippen molar-refractivity contribution in [2.24, 2.45) is 0 Å². The maximum Gasteiger partial charge on any atom is 0.416 e. The van der Waals surface area contributed by atoms with E-state index in [-0.39, 0.29) is 17.8 Å². The van der Waals surface area contributed by atoms with Gasteiger partial charge in [0.15, 0.2) is 0 Å². The van der Waals surface area contributed by atoms with E-state index in [2.05, 4.69) is 5.32 Å². The topological polar surface area (TPSA) is 69.7 Å². The average molecular weight is 433 g/mol. The van der Waals surface area contributed by atoms with Gasteiger partial charge in [0.1, 0.15) is 12.4 Å². The fourth-order valence-electron chi connectivity index (χ4n) is 2.39. The van der Waals surface area contributed by atoms with Gasteiger partial charge in [0, 0.05) is 20.6 Å². The largest absolute Gasteiger partial charge is 0.416 e. The Kier molecular flexibility index (Phi) is 6.85. The van der Waals surface area contributed by atoms with E-state index >= 15 is 0 Å². The number of rotatable bonds is 7. The highest BCUT2D eigenvalue weighted by molar-refractivity contribution is 7.90. The number of nitrogens with zero attached hydrogens (tertiary/aromatic N) is 2. The molecular weight excluding hydrogens is 414 g/mol. The summed E-state index contributed by atoms with van der Waals surface area (Å²) in [5.74, 6) is -1.65. The van der Waals surface area contributed by atoms with E-state index < -0.39 is 40.2 Å². The molecular formula is C18H19F4N3O3S. The van der Waals surface area contributed by atoms with Gasteiger partial charge in [-0.3, -0.25) is 4.79 Å². The van der Waals surface area contributed by atoms with E-state index in [1.165, 1.54) is 44.4 Å². The summed E-state index contributed by atoms with van der Waals surface area (Å²) in [6.45, 7) is -1.00. The Morgan fingerprint density at radius 2 is 1.72 bits per heavy atom. The summed E-state index contributed by atoms with van der Waals surface area (Å²) in [4.78, 5) is 12.3. The monoisotopic (exact) mass is 433 g/mol. The van der Waals surface area contributed by atoms with E-state index in [0.717, 1.165) is 22.5 Å². The van der Waals surface area contributed by atoms with Crippen LogP contribution in [0.4, 0.5) is 23.2 Å². The van der Waals surface area contributed by atoms with Gasteiger partial charge in [0.25, 0.3) is 0 Å². The molecule has 0 aliphatic heterocycles. The third-order valence-corrected chi connectivity index (χ3v) is 5.70. The first-order valence-corrected chi connectivity index (χ1v) is 9.70. The lowest BCUT2D eigenvalue weighted by Crippen LogP contribution is -2.46. The number of carbonyl (C=O) groups is 1. The molecule has 1 amide bonds. The van der Waals surface area contributed by atoms with Gasteiger partial charge in [-0.2, -0.15) is 25.9 Å². The third-order valence-electron chi connectivity index (χ3n) is 3.89. The van der Waals surface area contributed by atoms with E-state index in [0.29, 0.717) is 4.31 Å². The van der Waals surface area contributed by atoms with Crippen molar-refractivity contribution in [3.63, 3.8) is 0 Å². The first-order valence-electron chi connectivity index (χ1n) is 8.30. The molecule has 6 nitrogen and oxygen atoms in total. The van der Waals surface area contributed by atoms with Gasteiger partial charge in [-0.25, -0.2) is 8.70 Å². The minimum atomic E-state index is -4.53. The van der Waals surface area contributed by atoms with Crippen LogP contribution in [0.3, 0.4) is 0 Å². The molecule has 1 N–H and O–H groups in total. The number of para-hydroxylation sites is 1. The van der Waals surface area contributed by atoms with Crippen LogP contribution in [-0.2, 0) is 27.7 Å². The summed E-state index contributed by atoms with van der Waals surface area (Å²) < 4.78 is 78.9.